The summed E-state index contributed by atoms with van der Waals surface area (Å²) in [6.45, 7) is 1.20. The zero-order valence-electron chi connectivity index (χ0n) is 8.76. The molecule has 0 aliphatic carbocycles. The normalized spacial score (nSPS) is 19.4. The average molecular weight is 216 g/mol. The molecule has 1 aromatic carbocycles. The molecular weight excluding hydrogens is 204 g/mol. The van der Waals surface area contributed by atoms with Crippen molar-refractivity contribution in [1.82, 2.24) is 0 Å². The Morgan fingerprint density at radius 1 is 1.50 bits per heavy atom. The first kappa shape index (κ1) is 10.5. The summed E-state index contributed by atoms with van der Waals surface area (Å²) in [7, 11) is 0. The number of carbonyl (C=O) groups is 1. The van der Waals surface area contributed by atoms with Gasteiger partial charge in [-0.2, -0.15) is 5.26 Å². The molecule has 1 unspecified atom stereocenters. The van der Waals surface area contributed by atoms with E-state index in [9.17, 15) is 4.79 Å². The quantitative estimate of drug-likeness (QED) is 0.813. The summed E-state index contributed by atoms with van der Waals surface area (Å²) in [4.78, 5) is 12.8. The van der Waals surface area contributed by atoms with Crippen molar-refractivity contribution in [2.24, 2.45) is 5.92 Å². The monoisotopic (exact) mass is 216 g/mol. The van der Waals surface area contributed by atoms with E-state index in [-0.39, 0.29) is 5.92 Å². The van der Waals surface area contributed by atoms with Gasteiger partial charge in [0.05, 0.1) is 17.2 Å². The van der Waals surface area contributed by atoms with Crippen molar-refractivity contribution in [1.29, 1.82) is 5.26 Å². The van der Waals surface area contributed by atoms with E-state index < -0.39 is 5.97 Å². The Labute approximate surface area is 93.7 Å². The summed E-state index contributed by atoms with van der Waals surface area (Å²) in [5, 5.41) is 17.9. The van der Waals surface area contributed by atoms with Gasteiger partial charge in [0.15, 0.2) is 0 Å². The first-order chi connectivity index (χ1) is 7.72. The molecule has 4 nitrogen and oxygen atoms in total. The number of benzene rings is 1. The standard InChI is InChI=1S/C12H12N2O2/c13-7-9-3-1-2-4-11(9)14-6-5-10(8-14)12(15)16/h1-4,10H,5-6,8H2,(H,15,16). The molecule has 1 saturated heterocycles. The minimum atomic E-state index is -0.753. The molecule has 1 heterocycles. The van der Waals surface area contributed by atoms with Crippen LogP contribution in [-0.2, 0) is 4.79 Å². The van der Waals surface area contributed by atoms with Gasteiger partial charge in [0, 0.05) is 13.1 Å². The molecule has 1 N–H and O–H groups in total. The van der Waals surface area contributed by atoms with Crippen molar-refractivity contribution in [2.75, 3.05) is 18.0 Å². The van der Waals surface area contributed by atoms with Gasteiger partial charge in [-0.1, -0.05) is 12.1 Å². The van der Waals surface area contributed by atoms with Gasteiger partial charge < -0.3 is 10.0 Å². The highest BCUT2D eigenvalue weighted by Gasteiger charge is 2.28. The van der Waals surface area contributed by atoms with Gasteiger partial charge in [-0.15, -0.1) is 0 Å². The molecule has 1 atom stereocenters. The van der Waals surface area contributed by atoms with E-state index in [1.807, 2.05) is 23.1 Å². The molecule has 0 radical (unpaired) electrons. The zero-order valence-corrected chi connectivity index (χ0v) is 8.76. The van der Waals surface area contributed by atoms with Gasteiger partial charge in [-0.3, -0.25) is 4.79 Å². The lowest BCUT2D eigenvalue weighted by Crippen LogP contribution is -2.23. The van der Waals surface area contributed by atoms with Crippen LogP contribution in [0.3, 0.4) is 0 Å². The van der Waals surface area contributed by atoms with Gasteiger partial charge in [0.2, 0.25) is 0 Å². The van der Waals surface area contributed by atoms with E-state index >= 15 is 0 Å². The number of rotatable bonds is 2. The number of hydrogen-bond acceptors (Lipinski definition) is 3. The summed E-state index contributed by atoms with van der Waals surface area (Å²) < 4.78 is 0. The molecule has 1 fully saturated rings. The van der Waals surface area contributed by atoms with Gasteiger partial charge in [-0.25, -0.2) is 0 Å². The van der Waals surface area contributed by atoms with Crippen LogP contribution in [-0.4, -0.2) is 24.2 Å². The highest BCUT2D eigenvalue weighted by atomic mass is 16.4. The summed E-state index contributed by atoms with van der Waals surface area (Å²) in [6, 6.07) is 9.42. The van der Waals surface area contributed by atoms with Crippen LogP contribution in [0.15, 0.2) is 24.3 Å². The zero-order chi connectivity index (χ0) is 11.5. The summed E-state index contributed by atoms with van der Waals surface area (Å²) in [5.41, 5.74) is 1.45. The van der Waals surface area contributed by atoms with E-state index in [1.165, 1.54) is 0 Å². The molecular formula is C12H12N2O2. The van der Waals surface area contributed by atoms with E-state index in [0.29, 0.717) is 25.1 Å². The number of nitrogens with zero attached hydrogens (tertiary/aromatic N) is 2. The van der Waals surface area contributed by atoms with E-state index in [4.69, 9.17) is 10.4 Å². The van der Waals surface area contributed by atoms with Crippen molar-refractivity contribution >= 4 is 11.7 Å². The molecule has 4 heteroatoms. The molecule has 0 saturated carbocycles. The number of hydrogen-bond donors (Lipinski definition) is 1. The first-order valence-corrected chi connectivity index (χ1v) is 5.19. The minimum Gasteiger partial charge on any atom is -0.481 e. The fourth-order valence-electron chi connectivity index (χ4n) is 2.02. The van der Waals surface area contributed by atoms with Crippen LogP contribution in [0.25, 0.3) is 0 Å². The third kappa shape index (κ3) is 1.84. The maximum atomic E-state index is 10.8. The number of nitriles is 1. The van der Waals surface area contributed by atoms with Crippen LogP contribution in [0.2, 0.25) is 0 Å². The lowest BCUT2D eigenvalue weighted by Gasteiger charge is -2.19. The summed E-state index contributed by atoms with van der Waals surface area (Å²) in [6.07, 6.45) is 0.648. The van der Waals surface area contributed by atoms with Gasteiger partial charge in [0.25, 0.3) is 0 Å². The number of carboxylic acid groups (broad SMARTS) is 1. The van der Waals surface area contributed by atoms with Gasteiger partial charge in [-0.05, 0) is 18.6 Å². The first-order valence-electron chi connectivity index (χ1n) is 5.19. The van der Waals surface area contributed by atoms with Gasteiger partial charge in [0.1, 0.15) is 6.07 Å². The lowest BCUT2D eigenvalue weighted by molar-refractivity contribution is -0.140. The highest BCUT2D eigenvalue weighted by Crippen LogP contribution is 2.26. The number of aliphatic carboxylic acids is 1. The molecule has 1 aromatic rings. The molecule has 0 aromatic heterocycles. The third-order valence-corrected chi connectivity index (χ3v) is 2.90. The highest BCUT2D eigenvalue weighted by molar-refractivity contribution is 5.72. The summed E-state index contributed by atoms with van der Waals surface area (Å²) in [5.74, 6) is -1.07. The molecule has 2 rings (SSSR count). The largest absolute Gasteiger partial charge is 0.481 e. The van der Waals surface area contributed by atoms with Crippen LogP contribution in [0.5, 0.6) is 0 Å². The van der Waals surface area contributed by atoms with Crippen molar-refractivity contribution in [3.8, 4) is 6.07 Å². The molecule has 1 aliphatic rings. The molecule has 0 bridgehead atoms. The smallest absolute Gasteiger partial charge is 0.308 e. The van der Waals surface area contributed by atoms with Crippen molar-refractivity contribution in [3.63, 3.8) is 0 Å². The second-order valence-electron chi connectivity index (χ2n) is 3.90. The molecule has 0 spiro atoms. The lowest BCUT2D eigenvalue weighted by atomic mass is 10.1. The second kappa shape index (κ2) is 4.23. The molecule has 16 heavy (non-hydrogen) atoms. The fraction of sp³-hybridized carbons (Fsp3) is 0.333. The Morgan fingerprint density at radius 3 is 2.88 bits per heavy atom. The third-order valence-electron chi connectivity index (χ3n) is 2.90. The Morgan fingerprint density at radius 2 is 2.25 bits per heavy atom. The van der Waals surface area contributed by atoms with Crippen LogP contribution in [0.4, 0.5) is 5.69 Å². The van der Waals surface area contributed by atoms with Crippen LogP contribution < -0.4 is 4.90 Å². The molecule has 1 aliphatic heterocycles. The van der Waals surface area contributed by atoms with Crippen molar-refractivity contribution < 1.29 is 9.90 Å². The minimum absolute atomic E-state index is 0.313. The maximum absolute atomic E-state index is 10.8. The Bertz CT molecular complexity index is 451. The van der Waals surface area contributed by atoms with Crippen molar-refractivity contribution in [3.05, 3.63) is 29.8 Å². The van der Waals surface area contributed by atoms with Crippen LogP contribution in [0, 0.1) is 17.2 Å². The summed E-state index contributed by atoms with van der Waals surface area (Å²) >= 11 is 0. The Balaban J connectivity index is 2.21. The average Bonchev–Trinajstić information content (AvgIpc) is 2.78. The number of anilines is 1. The predicted octanol–water partition coefficient (Wildman–Crippen LogP) is 1.47. The fourth-order valence-corrected chi connectivity index (χ4v) is 2.02. The SMILES string of the molecule is N#Cc1ccccc1N1CCC(C(=O)O)C1. The molecule has 82 valence electrons. The Kier molecular flexibility index (Phi) is 2.78. The maximum Gasteiger partial charge on any atom is 0.308 e. The van der Waals surface area contributed by atoms with Crippen LogP contribution in [0.1, 0.15) is 12.0 Å². The Hall–Kier alpha value is -2.02. The van der Waals surface area contributed by atoms with E-state index in [0.717, 1.165) is 5.69 Å². The van der Waals surface area contributed by atoms with Crippen LogP contribution >= 0.6 is 0 Å². The number of para-hydroxylation sites is 1. The number of carboxylic acids is 1. The van der Waals surface area contributed by atoms with E-state index in [2.05, 4.69) is 6.07 Å². The van der Waals surface area contributed by atoms with Crippen molar-refractivity contribution in [2.45, 2.75) is 6.42 Å². The van der Waals surface area contributed by atoms with E-state index in [1.54, 1.807) is 6.07 Å². The predicted molar refractivity (Wildman–Crippen MR) is 59.1 cm³/mol. The van der Waals surface area contributed by atoms with Gasteiger partial charge >= 0.3 is 5.97 Å². The second-order valence-corrected chi connectivity index (χ2v) is 3.90. The topological polar surface area (TPSA) is 64.3 Å². The molecule has 0 amide bonds.